The zero-order chi connectivity index (χ0) is 17.6. The van der Waals surface area contributed by atoms with Crippen LogP contribution in [0.1, 0.15) is 16.7 Å². The highest BCUT2D eigenvalue weighted by atomic mass is 19.1. The van der Waals surface area contributed by atoms with Gasteiger partial charge in [0, 0.05) is 11.1 Å². The van der Waals surface area contributed by atoms with Gasteiger partial charge in [-0.25, -0.2) is 4.39 Å². The molecule has 0 saturated carbocycles. The van der Waals surface area contributed by atoms with Crippen molar-refractivity contribution in [2.75, 3.05) is 7.11 Å². The van der Waals surface area contributed by atoms with Gasteiger partial charge in [0.25, 0.3) is 0 Å². The van der Waals surface area contributed by atoms with E-state index in [1.165, 1.54) is 12.1 Å². The molecule has 3 aromatic rings. The lowest BCUT2D eigenvalue weighted by molar-refractivity contribution is 0.415. The first-order valence-electron chi connectivity index (χ1n) is 7.66. The van der Waals surface area contributed by atoms with Crippen molar-refractivity contribution >= 4 is 0 Å². The van der Waals surface area contributed by atoms with E-state index in [1.807, 2.05) is 48.5 Å². The summed E-state index contributed by atoms with van der Waals surface area (Å²) in [5.41, 5.74) is 3.57. The third kappa shape index (κ3) is 3.86. The summed E-state index contributed by atoms with van der Waals surface area (Å²) in [7, 11) is 1.64. The Kier molecular flexibility index (Phi) is 4.79. The van der Waals surface area contributed by atoms with E-state index in [0.29, 0.717) is 5.56 Å². The highest BCUT2D eigenvalue weighted by Crippen LogP contribution is 2.22. The Bertz CT molecular complexity index is 987. The lowest BCUT2D eigenvalue weighted by atomic mass is 10.0. The molecule has 25 heavy (non-hydrogen) atoms. The largest absolute Gasteiger partial charge is 0.497 e. The molecule has 0 bridgehead atoms. The molecule has 0 spiro atoms. The van der Waals surface area contributed by atoms with E-state index in [0.717, 1.165) is 22.4 Å². The third-order valence-electron chi connectivity index (χ3n) is 3.75. The Balaban J connectivity index is 1.79. The molecule has 3 heteroatoms. The second-order valence-corrected chi connectivity index (χ2v) is 5.36. The van der Waals surface area contributed by atoms with Crippen molar-refractivity contribution in [3.8, 4) is 34.8 Å². The second kappa shape index (κ2) is 7.34. The number of rotatable bonds is 2. The summed E-state index contributed by atoms with van der Waals surface area (Å²) < 4.78 is 18.7. The van der Waals surface area contributed by atoms with Gasteiger partial charge in [-0.3, -0.25) is 0 Å². The fourth-order valence-corrected chi connectivity index (χ4v) is 2.36. The molecule has 0 heterocycles. The predicted octanol–water partition coefficient (Wildman–Crippen LogP) is 4.77. The first kappa shape index (κ1) is 16.3. The summed E-state index contributed by atoms with van der Waals surface area (Å²) in [6, 6.07) is 21.8. The highest BCUT2D eigenvalue weighted by Gasteiger charge is 2.01. The Labute approximate surface area is 146 Å². The number of hydrogen-bond acceptors (Lipinski definition) is 2. The second-order valence-electron chi connectivity index (χ2n) is 5.36. The number of nitriles is 1. The van der Waals surface area contributed by atoms with Gasteiger partial charge in [0.2, 0.25) is 0 Å². The van der Waals surface area contributed by atoms with Crippen molar-refractivity contribution in [2.45, 2.75) is 0 Å². The van der Waals surface area contributed by atoms with Crippen LogP contribution in [0.25, 0.3) is 11.1 Å². The lowest BCUT2D eigenvalue weighted by Crippen LogP contribution is -1.85. The van der Waals surface area contributed by atoms with E-state index in [2.05, 4.69) is 11.8 Å². The highest BCUT2D eigenvalue weighted by molar-refractivity contribution is 5.65. The molecule has 0 aliphatic carbocycles. The summed E-state index contributed by atoms with van der Waals surface area (Å²) in [6.45, 7) is 0. The molecule has 0 amide bonds. The Hall–Kier alpha value is -3.56. The monoisotopic (exact) mass is 327 g/mol. The molecule has 3 rings (SSSR count). The van der Waals surface area contributed by atoms with Gasteiger partial charge in [-0.05, 0) is 53.6 Å². The molecular weight excluding hydrogens is 313 g/mol. The smallest absolute Gasteiger partial charge is 0.142 e. The fraction of sp³-hybridized carbons (Fsp3) is 0.0455. The van der Waals surface area contributed by atoms with Gasteiger partial charge in [-0.15, -0.1) is 0 Å². The van der Waals surface area contributed by atoms with Crippen molar-refractivity contribution in [1.82, 2.24) is 0 Å². The van der Waals surface area contributed by atoms with Crippen molar-refractivity contribution < 1.29 is 9.13 Å². The maximum atomic E-state index is 13.6. The van der Waals surface area contributed by atoms with Crippen LogP contribution < -0.4 is 4.74 Å². The van der Waals surface area contributed by atoms with E-state index >= 15 is 0 Å². The number of halogens is 1. The van der Waals surface area contributed by atoms with Gasteiger partial charge in [-0.1, -0.05) is 36.1 Å². The molecular formula is C22H14FNO. The molecule has 0 aromatic heterocycles. The minimum absolute atomic E-state index is 0.0226. The molecule has 2 nitrogen and oxygen atoms in total. The SMILES string of the molecule is COc1ccc(-c2ccc(C#Cc3ccc(C#N)c(F)c3)cc2)cc1. The van der Waals surface area contributed by atoms with Crippen LogP contribution in [0.2, 0.25) is 0 Å². The summed E-state index contributed by atoms with van der Waals surface area (Å²) >= 11 is 0. The predicted molar refractivity (Wildman–Crippen MR) is 95.5 cm³/mol. The first-order chi connectivity index (χ1) is 12.2. The van der Waals surface area contributed by atoms with E-state index in [-0.39, 0.29) is 5.56 Å². The Morgan fingerprint density at radius 2 is 1.36 bits per heavy atom. The zero-order valence-electron chi connectivity index (χ0n) is 13.6. The van der Waals surface area contributed by atoms with Crippen LogP contribution >= 0.6 is 0 Å². The Morgan fingerprint density at radius 3 is 1.92 bits per heavy atom. The summed E-state index contributed by atoms with van der Waals surface area (Å²) in [6.07, 6.45) is 0. The van der Waals surface area contributed by atoms with Crippen LogP contribution in [0.3, 0.4) is 0 Å². The van der Waals surface area contributed by atoms with Gasteiger partial charge in [0.05, 0.1) is 12.7 Å². The van der Waals surface area contributed by atoms with E-state index in [1.54, 1.807) is 19.2 Å². The summed E-state index contributed by atoms with van der Waals surface area (Å²) in [4.78, 5) is 0. The van der Waals surface area contributed by atoms with Crippen LogP contribution in [0.4, 0.5) is 4.39 Å². The Morgan fingerprint density at radius 1 is 0.800 bits per heavy atom. The molecule has 0 N–H and O–H groups in total. The van der Waals surface area contributed by atoms with Crippen molar-refractivity contribution in [2.24, 2.45) is 0 Å². The molecule has 120 valence electrons. The minimum Gasteiger partial charge on any atom is -0.497 e. The normalized spacial score (nSPS) is 9.64. The van der Waals surface area contributed by atoms with Gasteiger partial charge in [-0.2, -0.15) is 5.26 Å². The maximum Gasteiger partial charge on any atom is 0.142 e. The molecule has 0 radical (unpaired) electrons. The molecule has 0 atom stereocenters. The van der Waals surface area contributed by atoms with Crippen molar-refractivity contribution in [3.63, 3.8) is 0 Å². The number of benzene rings is 3. The number of methoxy groups -OCH3 is 1. The molecule has 0 saturated heterocycles. The molecule has 3 aromatic carbocycles. The van der Waals surface area contributed by atoms with E-state index in [4.69, 9.17) is 10.00 Å². The minimum atomic E-state index is -0.552. The zero-order valence-corrected chi connectivity index (χ0v) is 13.6. The molecule has 0 aliphatic heterocycles. The van der Waals surface area contributed by atoms with Crippen molar-refractivity contribution in [3.05, 3.63) is 89.2 Å². The topological polar surface area (TPSA) is 33.0 Å². The van der Waals surface area contributed by atoms with Gasteiger partial charge in [0.15, 0.2) is 0 Å². The number of ether oxygens (including phenoxy) is 1. The summed E-state index contributed by atoms with van der Waals surface area (Å²) in [5.74, 6) is 6.18. The third-order valence-corrected chi connectivity index (χ3v) is 3.75. The average molecular weight is 327 g/mol. The van der Waals surface area contributed by atoms with Gasteiger partial charge >= 0.3 is 0 Å². The van der Waals surface area contributed by atoms with Crippen molar-refractivity contribution in [1.29, 1.82) is 5.26 Å². The standard InChI is InChI=1S/C22H14FNO/c1-25-21-12-10-19(11-13-21)18-7-4-16(5-8-18)2-3-17-6-9-20(15-24)22(23)14-17/h4-14H,1H3. The van der Waals surface area contributed by atoms with E-state index < -0.39 is 5.82 Å². The maximum absolute atomic E-state index is 13.6. The molecule has 0 aliphatic rings. The number of nitrogens with zero attached hydrogens (tertiary/aromatic N) is 1. The fourth-order valence-electron chi connectivity index (χ4n) is 2.36. The molecule has 0 fully saturated rings. The van der Waals surface area contributed by atoms with Crippen LogP contribution in [0.15, 0.2) is 66.7 Å². The summed E-state index contributed by atoms with van der Waals surface area (Å²) in [5, 5.41) is 8.73. The van der Waals surface area contributed by atoms with Gasteiger partial charge < -0.3 is 4.74 Å². The average Bonchev–Trinajstić information content (AvgIpc) is 2.67. The quantitative estimate of drug-likeness (QED) is 0.635. The van der Waals surface area contributed by atoms with Crippen LogP contribution in [-0.4, -0.2) is 7.11 Å². The van der Waals surface area contributed by atoms with E-state index in [9.17, 15) is 4.39 Å². The van der Waals surface area contributed by atoms with Crippen LogP contribution in [-0.2, 0) is 0 Å². The van der Waals surface area contributed by atoms with Crippen LogP contribution in [0, 0.1) is 29.0 Å². The molecule has 0 unspecified atom stereocenters. The first-order valence-corrected chi connectivity index (χ1v) is 7.66. The van der Waals surface area contributed by atoms with Gasteiger partial charge in [0.1, 0.15) is 17.6 Å². The lowest BCUT2D eigenvalue weighted by Gasteiger charge is -2.04. The number of hydrogen-bond donors (Lipinski definition) is 0. The van der Waals surface area contributed by atoms with Crippen LogP contribution in [0.5, 0.6) is 5.75 Å².